The van der Waals surface area contributed by atoms with Crippen LogP contribution in [0.15, 0.2) is 59.5 Å². The maximum absolute atomic E-state index is 13.3. The van der Waals surface area contributed by atoms with Crippen molar-refractivity contribution in [2.75, 3.05) is 0 Å². The standard InChI is InChI=1S/C22H19FN4O/c1-14-3-2-4-15(11-14)13-26-22(28)21-19(20(25-26)16-5-6-16)12-24-27(21)18-9-7-17(23)8-10-18/h2-4,7-12,16H,5-6,13H2,1H3. The smallest absolute Gasteiger partial charge is 0.265 e. The predicted octanol–water partition coefficient (Wildman–Crippen LogP) is 3.96. The summed E-state index contributed by atoms with van der Waals surface area (Å²) in [5.74, 6) is 0.0510. The van der Waals surface area contributed by atoms with Gasteiger partial charge >= 0.3 is 0 Å². The second kappa shape index (κ2) is 6.41. The van der Waals surface area contributed by atoms with Gasteiger partial charge in [0.15, 0.2) is 0 Å². The molecule has 2 heterocycles. The molecule has 2 aromatic heterocycles. The van der Waals surface area contributed by atoms with E-state index in [1.807, 2.05) is 25.1 Å². The summed E-state index contributed by atoms with van der Waals surface area (Å²) in [6.45, 7) is 2.44. The number of halogens is 1. The molecule has 28 heavy (non-hydrogen) atoms. The lowest BCUT2D eigenvalue weighted by Gasteiger charge is -2.10. The van der Waals surface area contributed by atoms with E-state index in [9.17, 15) is 9.18 Å². The van der Waals surface area contributed by atoms with E-state index in [-0.39, 0.29) is 11.4 Å². The molecule has 0 bridgehead atoms. The highest BCUT2D eigenvalue weighted by Crippen LogP contribution is 2.41. The van der Waals surface area contributed by atoms with Crippen molar-refractivity contribution >= 4 is 10.9 Å². The van der Waals surface area contributed by atoms with E-state index < -0.39 is 0 Å². The Bertz CT molecular complexity index is 1240. The average Bonchev–Trinajstić information content (AvgIpc) is 3.43. The Morgan fingerprint density at radius 2 is 1.93 bits per heavy atom. The Morgan fingerprint density at radius 3 is 2.64 bits per heavy atom. The summed E-state index contributed by atoms with van der Waals surface area (Å²) in [6.07, 6.45) is 3.86. The van der Waals surface area contributed by atoms with Crippen LogP contribution in [0.2, 0.25) is 0 Å². The molecule has 140 valence electrons. The fourth-order valence-corrected chi connectivity index (χ4v) is 3.62. The SMILES string of the molecule is Cc1cccc(Cn2nc(C3CC3)c3cnn(-c4ccc(F)cc4)c3c2=O)c1. The molecule has 1 aliphatic rings. The molecule has 0 atom stereocenters. The van der Waals surface area contributed by atoms with Crippen LogP contribution in [-0.4, -0.2) is 19.6 Å². The highest BCUT2D eigenvalue weighted by atomic mass is 19.1. The summed E-state index contributed by atoms with van der Waals surface area (Å²) >= 11 is 0. The third kappa shape index (κ3) is 2.91. The van der Waals surface area contributed by atoms with Crippen molar-refractivity contribution in [2.24, 2.45) is 0 Å². The molecule has 0 amide bonds. The van der Waals surface area contributed by atoms with Gasteiger partial charge in [0.2, 0.25) is 0 Å². The Labute approximate surface area is 161 Å². The first kappa shape index (κ1) is 16.9. The van der Waals surface area contributed by atoms with Crippen molar-refractivity contribution in [3.05, 3.63) is 87.7 Å². The van der Waals surface area contributed by atoms with Gasteiger partial charge in [-0.2, -0.15) is 10.2 Å². The van der Waals surface area contributed by atoms with Crippen LogP contribution in [0.3, 0.4) is 0 Å². The number of hydrogen-bond donors (Lipinski definition) is 0. The first-order valence-electron chi connectivity index (χ1n) is 9.40. The monoisotopic (exact) mass is 374 g/mol. The molecule has 1 saturated carbocycles. The fourth-order valence-electron chi connectivity index (χ4n) is 3.62. The largest absolute Gasteiger partial charge is 0.293 e. The van der Waals surface area contributed by atoms with Gasteiger partial charge in [0.25, 0.3) is 5.56 Å². The molecular formula is C22H19FN4O. The van der Waals surface area contributed by atoms with Crippen molar-refractivity contribution in [1.29, 1.82) is 0 Å². The number of benzene rings is 2. The third-order valence-corrected chi connectivity index (χ3v) is 5.16. The van der Waals surface area contributed by atoms with Gasteiger partial charge in [-0.1, -0.05) is 29.8 Å². The van der Waals surface area contributed by atoms with E-state index >= 15 is 0 Å². The summed E-state index contributed by atoms with van der Waals surface area (Å²) < 4.78 is 16.5. The van der Waals surface area contributed by atoms with Crippen LogP contribution in [0, 0.1) is 12.7 Å². The molecule has 0 spiro atoms. The molecule has 0 aliphatic heterocycles. The molecule has 1 fully saturated rings. The summed E-state index contributed by atoms with van der Waals surface area (Å²) in [5.41, 5.74) is 4.06. The second-order valence-corrected chi connectivity index (χ2v) is 7.41. The van der Waals surface area contributed by atoms with Crippen LogP contribution in [0.1, 0.15) is 35.6 Å². The van der Waals surface area contributed by atoms with E-state index in [2.05, 4.69) is 11.2 Å². The summed E-state index contributed by atoms with van der Waals surface area (Å²) in [6, 6.07) is 14.1. The minimum Gasteiger partial charge on any atom is -0.265 e. The minimum atomic E-state index is -0.322. The molecule has 1 aliphatic carbocycles. The molecule has 0 unspecified atom stereocenters. The molecular weight excluding hydrogens is 355 g/mol. The van der Waals surface area contributed by atoms with Gasteiger partial charge in [0.05, 0.1) is 24.1 Å². The molecule has 0 radical (unpaired) electrons. The quantitative estimate of drug-likeness (QED) is 0.543. The molecule has 0 N–H and O–H groups in total. The van der Waals surface area contributed by atoms with Crippen LogP contribution in [-0.2, 0) is 6.54 Å². The van der Waals surface area contributed by atoms with Gasteiger partial charge in [-0.25, -0.2) is 13.8 Å². The second-order valence-electron chi connectivity index (χ2n) is 7.41. The Balaban J connectivity index is 1.71. The zero-order valence-electron chi connectivity index (χ0n) is 15.5. The number of aryl methyl sites for hydroxylation is 1. The van der Waals surface area contributed by atoms with Gasteiger partial charge in [-0.05, 0) is 49.6 Å². The normalized spacial score (nSPS) is 13.9. The fraction of sp³-hybridized carbons (Fsp3) is 0.227. The summed E-state index contributed by atoms with van der Waals surface area (Å²) in [4.78, 5) is 13.3. The van der Waals surface area contributed by atoms with Crippen LogP contribution in [0.25, 0.3) is 16.6 Å². The molecule has 4 aromatic rings. The maximum Gasteiger partial charge on any atom is 0.293 e. The summed E-state index contributed by atoms with van der Waals surface area (Å²) in [5, 5.41) is 9.92. The van der Waals surface area contributed by atoms with E-state index in [1.54, 1.807) is 23.0 Å². The van der Waals surface area contributed by atoms with Crippen molar-refractivity contribution in [1.82, 2.24) is 19.6 Å². The zero-order chi connectivity index (χ0) is 19.3. The molecule has 6 heteroatoms. The van der Waals surface area contributed by atoms with Crippen molar-refractivity contribution < 1.29 is 4.39 Å². The van der Waals surface area contributed by atoms with Crippen LogP contribution >= 0.6 is 0 Å². The van der Waals surface area contributed by atoms with E-state index in [1.165, 1.54) is 16.8 Å². The van der Waals surface area contributed by atoms with E-state index in [0.717, 1.165) is 35.0 Å². The van der Waals surface area contributed by atoms with Gasteiger partial charge in [0.1, 0.15) is 11.3 Å². The average molecular weight is 374 g/mol. The van der Waals surface area contributed by atoms with Crippen LogP contribution in [0.4, 0.5) is 4.39 Å². The lowest BCUT2D eigenvalue weighted by atomic mass is 10.1. The molecule has 5 rings (SSSR count). The number of aromatic nitrogens is 4. The van der Waals surface area contributed by atoms with Crippen molar-refractivity contribution in [3.63, 3.8) is 0 Å². The lowest BCUT2D eigenvalue weighted by molar-refractivity contribution is 0.624. The Hall–Kier alpha value is -3.28. The number of fused-ring (bicyclic) bond motifs is 1. The highest BCUT2D eigenvalue weighted by Gasteiger charge is 2.30. The Morgan fingerprint density at radius 1 is 1.14 bits per heavy atom. The molecule has 2 aromatic carbocycles. The molecule has 0 saturated heterocycles. The Kier molecular flexibility index (Phi) is 3.86. The maximum atomic E-state index is 13.3. The third-order valence-electron chi connectivity index (χ3n) is 5.16. The topological polar surface area (TPSA) is 52.7 Å². The number of nitrogens with zero attached hydrogens (tertiary/aromatic N) is 4. The van der Waals surface area contributed by atoms with E-state index in [0.29, 0.717) is 23.7 Å². The lowest BCUT2D eigenvalue weighted by Crippen LogP contribution is -2.26. The first-order valence-corrected chi connectivity index (χ1v) is 9.40. The van der Waals surface area contributed by atoms with Crippen LogP contribution < -0.4 is 5.56 Å². The van der Waals surface area contributed by atoms with Gasteiger partial charge in [0, 0.05) is 11.3 Å². The number of hydrogen-bond acceptors (Lipinski definition) is 3. The first-order chi connectivity index (χ1) is 13.6. The van der Waals surface area contributed by atoms with Crippen molar-refractivity contribution in [3.8, 4) is 5.69 Å². The van der Waals surface area contributed by atoms with Gasteiger partial charge in [-0.3, -0.25) is 4.79 Å². The minimum absolute atomic E-state index is 0.192. The van der Waals surface area contributed by atoms with Crippen molar-refractivity contribution in [2.45, 2.75) is 32.2 Å². The zero-order valence-corrected chi connectivity index (χ0v) is 15.5. The predicted molar refractivity (Wildman–Crippen MR) is 105 cm³/mol. The highest BCUT2D eigenvalue weighted by molar-refractivity contribution is 5.82. The van der Waals surface area contributed by atoms with E-state index in [4.69, 9.17) is 5.10 Å². The van der Waals surface area contributed by atoms with Gasteiger partial charge in [-0.15, -0.1) is 0 Å². The number of rotatable bonds is 4. The van der Waals surface area contributed by atoms with Gasteiger partial charge < -0.3 is 0 Å². The molecule has 5 nitrogen and oxygen atoms in total. The van der Waals surface area contributed by atoms with Crippen LogP contribution in [0.5, 0.6) is 0 Å². The summed E-state index contributed by atoms with van der Waals surface area (Å²) in [7, 11) is 0.